The number of rotatable bonds is 12. The lowest BCUT2D eigenvalue weighted by atomic mass is 10.2. The molecule has 8 aromatic rings. The van der Waals surface area contributed by atoms with Crippen LogP contribution < -0.4 is 9.47 Å². The second-order valence-corrected chi connectivity index (χ2v) is 12.3. The molecule has 0 amide bonds. The smallest absolute Gasteiger partial charge is 0.338 e. The van der Waals surface area contributed by atoms with Gasteiger partial charge >= 0.3 is 11.9 Å². The molecule has 0 spiro atoms. The highest BCUT2D eigenvalue weighted by molar-refractivity contribution is 5.90. The van der Waals surface area contributed by atoms with E-state index in [4.69, 9.17) is 18.9 Å². The molecule has 0 saturated heterocycles. The number of fused-ring (bicyclic) bond motifs is 2. The maximum absolute atomic E-state index is 12.0. The molecular formula is C45H36N6O6. The lowest BCUT2D eigenvalue weighted by Crippen LogP contribution is -2.04. The Bertz CT molecular complexity index is 2630. The van der Waals surface area contributed by atoms with Crippen LogP contribution in [0.25, 0.3) is 34.2 Å². The summed E-state index contributed by atoms with van der Waals surface area (Å²) in [6.45, 7) is 0.344. The minimum atomic E-state index is -0.355. The van der Waals surface area contributed by atoms with Crippen molar-refractivity contribution in [1.82, 2.24) is 29.5 Å². The molecule has 0 bridgehead atoms. The van der Waals surface area contributed by atoms with Crippen LogP contribution in [0.5, 0.6) is 23.3 Å². The Labute approximate surface area is 327 Å². The molecule has 0 unspecified atom stereocenters. The average Bonchev–Trinajstić information content (AvgIpc) is 3.83. The topological polar surface area (TPSA) is 143 Å². The van der Waals surface area contributed by atoms with E-state index in [-0.39, 0.29) is 25.2 Å². The average molecular weight is 757 g/mol. The van der Waals surface area contributed by atoms with E-state index in [9.17, 15) is 9.59 Å². The van der Waals surface area contributed by atoms with Gasteiger partial charge in [0.2, 0.25) is 11.8 Å². The molecule has 4 aromatic carbocycles. The highest BCUT2D eigenvalue weighted by Gasteiger charge is 2.13. The monoisotopic (exact) mass is 756 g/mol. The molecule has 0 aliphatic carbocycles. The molecule has 0 fully saturated rings. The van der Waals surface area contributed by atoms with Crippen LogP contribution in [-0.4, -0.2) is 54.6 Å². The van der Waals surface area contributed by atoms with Gasteiger partial charge in [-0.3, -0.25) is 0 Å². The predicted molar refractivity (Wildman–Crippen MR) is 217 cm³/mol. The number of benzene rings is 4. The third kappa shape index (κ3) is 9.82. The van der Waals surface area contributed by atoms with Gasteiger partial charge in [-0.15, -0.1) is 0 Å². The number of carbonyl (C=O) groups excluding carboxylic acids is 2. The number of aromatic nitrogens is 6. The zero-order valence-electron chi connectivity index (χ0n) is 30.8. The minimum Gasteiger partial charge on any atom is -0.458 e. The molecule has 0 radical (unpaired) electrons. The first-order valence-corrected chi connectivity index (χ1v) is 17.9. The van der Waals surface area contributed by atoms with Crippen LogP contribution in [0.3, 0.4) is 0 Å². The van der Waals surface area contributed by atoms with E-state index in [0.29, 0.717) is 39.9 Å². The van der Waals surface area contributed by atoms with Crippen LogP contribution in [-0.2, 0) is 16.5 Å². The fourth-order valence-electron chi connectivity index (χ4n) is 5.61. The summed E-state index contributed by atoms with van der Waals surface area (Å²) < 4.78 is 24.2. The Morgan fingerprint density at radius 2 is 1.09 bits per heavy atom. The summed E-state index contributed by atoms with van der Waals surface area (Å²) >= 11 is 0. The lowest BCUT2D eigenvalue weighted by Gasteiger charge is -2.07. The number of aryl methyl sites for hydroxylation is 1. The van der Waals surface area contributed by atoms with Gasteiger partial charge in [0.1, 0.15) is 48.4 Å². The summed E-state index contributed by atoms with van der Waals surface area (Å²) in [5, 5.41) is 0. The third-order valence-corrected chi connectivity index (χ3v) is 8.37. The van der Waals surface area contributed by atoms with Gasteiger partial charge in [0.25, 0.3) is 0 Å². The first kappa shape index (κ1) is 37.5. The number of hydrogen-bond acceptors (Lipinski definition) is 10. The quantitative estimate of drug-likeness (QED) is 0.120. The van der Waals surface area contributed by atoms with Gasteiger partial charge in [-0.05, 0) is 85.0 Å². The summed E-state index contributed by atoms with van der Waals surface area (Å²) in [5.74, 6) is 1.63. The standard InChI is InChI=1S/C23H19N3O3.C22H17N3O3/c1-26-18(11-8-14-28-23(27)17-9-4-2-5-10-17)15-20-21(26)22(25-16-24-20)29-19-12-6-3-7-13-19;26-22(16-8-3-1-4-9-16)27-13-7-10-17-14-19-20(25-17)21(24-15-23-19)28-18-11-5-2-6-12-18/h2-13,15-16H,14H2,1H3;1-12,14-15,25H,13H2. The van der Waals surface area contributed by atoms with Gasteiger partial charge in [-0.2, -0.15) is 9.97 Å². The Morgan fingerprint density at radius 3 is 1.67 bits per heavy atom. The molecule has 57 heavy (non-hydrogen) atoms. The lowest BCUT2D eigenvalue weighted by molar-refractivity contribution is 0.0541. The molecule has 1 N–H and O–H groups in total. The highest BCUT2D eigenvalue weighted by Crippen LogP contribution is 2.29. The molecule has 8 rings (SSSR count). The van der Waals surface area contributed by atoms with Crippen molar-refractivity contribution in [3.63, 3.8) is 0 Å². The molecule has 12 nitrogen and oxygen atoms in total. The van der Waals surface area contributed by atoms with Crippen molar-refractivity contribution in [2.24, 2.45) is 7.05 Å². The second kappa shape index (κ2) is 18.5. The molecule has 4 aromatic heterocycles. The fourth-order valence-corrected chi connectivity index (χ4v) is 5.61. The van der Waals surface area contributed by atoms with Crippen molar-refractivity contribution in [2.75, 3.05) is 13.2 Å². The van der Waals surface area contributed by atoms with E-state index < -0.39 is 0 Å². The number of nitrogens with zero attached hydrogens (tertiary/aromatic N) is 5. The van der Waals surface area contributed by atoms with Crippen LogP contribution in [0, 0.1) is 0 Å². The molecule has 0 atom stereocenters. The van der Waals surface area contributed by atoms with Crippen LogP contribution >= 0.6 is 0 Å². The number of nitrogens with one attached hydrogen (secondary N) is 1. The van der Waals surface area contributed by atoms with Crippen molar-refractivity contribution in [2.45, 2.75) is 0 Å². The normalized spacial score (nSPS) is 11.0. The van der Waals surface area contributed by atoms with Crippen molar-refractivity contribution in [3.8, 4) is 23.3 Å². The Kier molecular flexibility index (Phi) is 12.1. The summed E-state index contributed by atoms with van der Waals surface area (Å²) in [5.41, 5.74) is 5.77. The van der Waals surface area contributed by atoms with Crippen LogP contribution in [0.15, 0.2) is 158 Å². The van der Waals surface area contributed by atoms with Crippen LogP contribution in [0.4, 0.5) is 0 Å². The molecule has 4 heterocycles. The van der Waals surface area contributed by atoms with Crippen molar-refractivity contribution >= 4 is 46.2 Å². The zero-order chi connectivity index (χ0) is 39.2. The van der Waals surface area contributed by atoms with Gasteiger partial charge in [-0.25, -0.2) is 19.6 Å². The first-order chi connectivity index (χ1) is 28.0. The van der Waals surface area contributed by atoms with E-state index in [1.807, 2.05) is 109 Å². The molecule has 282 valence electrons. The molecule has 0 aliphatic heterocycles. The van der Waals surface area contributed by atoms with Crippen molar-refractivity contribution < 1.29 is 28.5 Å². The van der Waals surface area contributed by atoms with E-state index >= 15 is 0 Å². The number of esters is 2. The van der Waals surface area contributed by atoms with Gasteiger partial charge in [0.15, 0.2) is 0 Å². The zero-order valence-corrected chi connectivity index (χ0v) is 30.8. The maximum atomic E-state index is 12.0. The molecule has 0 saturated carbocycles. The summed E-state index contributed by atoms with van der Waals surface area (Å²) in [6.07, 6.45) is 10.2. The number of ether oxygens (including phenoxy) is 4. The number of H-pyrrole nitrogens is 1. The van der Waals surface area contributed by atoms with Gasteiger partial charge < -0.3 is 28.5 Å². The van der Waals surface area contributed by atoms with Crippen LogP contribution in [0.1, 0.15) is 32.1 Å². The molecule has 0 aliphatic rings. The Balaban J connectivity index is 0.000000174. The maximum Gasteiger partial charge on any atom is 0.338 e. The number of carbonyl (C=O) groups is 2. The SMILES string of the molecule is Cn1c(C=CCOC(=O)c2ccccc2)cc2ncnc(Oc3ccccc3)c21.O=C(OCC=Cc1cc2ncnc(Oc3ccccc3)c2[nH]1)c1ccccc1. The Morgan fingerprint density at radius 1 is 0.596 bits per heavy atom. The fraction of sp³-hybridized carbons (Fsp3) is 0.0667. The van der Waals surface area contributed by atoms with Crippen LogP contribution in [0.2, 0.25) is 0 Å². The number of aromatic amines is 1. The third-order valence-electron chi connectivity index (χ3n) is 8.37. The van der Waals surface area contributed by atoms with Gasteiger partial charge in [-0.1, -0.05) is 72.8 Å². The van der Waals surface area contributed by atoms with E-state index in [0.717, 1.165) is 27.9 Å². The molecular weight excluding hydrogens is 721 g/mol. The summed E-state index contributed by atoms with van der Waals surface area (Å²) in [7, 11) is 1.92. The molecule has 12 heteroatoms. The first-order valence-electron chi connectivity index (χ1n) is 17.9. The van der Waals surface area contributed by atoms with Crippen molar-refractivity contribution in [3.05, 3.63) is 181 Å². The van der Waals surface area contributed by atoms with Gasteiger partial charge in [0, 0.05) is 18.4 Å². The second-order valence-electron chi connectivity index (χ2n) is 12.3. The minimum absolute atomic E-state index is 0.169. The highest BCUT2D eigenvalue weighted by atomic mass is 16.5. The summed E-state index contributed by atoms with van der Waals surface area (Å²) in [4.78, 5) is 44.2. The van der Waals surface area contributed by atoms with Crippen molar-refractivity contribution in [1.29, 1.82) is 0 Å². The van der Waals surface area contributed by atoms with E-state index in [1.54, 1.807) is 60.7 Å². The van der Waals surface area contributed by atoms with E-state index in [1.165, 1.54) is 12.7 Å². The predicted octanol–water partition coefficient (Wildman–Crippen LogP) is 9.25. The number of para-hydroxylation sites is 2. The Hall–Kier alpha value is -7.86. The number of hydrogen-bond donors (Lipinski definition) is 1. The summed E-state index contributed by atoms with van der Waals surface area (Å²) in [6, 6.07) is 40.5. The van der Waals surface area contributed by atoms with E-state index in [2.05, 4.69) is 24.9 Å². The van der Waals surface area contributed by atoms with Gasteiger partial charge in [0.05, 0.1) is 22.2 Å². The largest absolute Gasteiger partial charge is 0.458 e.